The van der Waals surface area contributed by atoms with Crippen molar-refractivity contribution in [2.45, 2.75) is 31.4 Å². The highest BCUT2D eigenvalue weighted by Crippen LogP contribution is 2.28. The normalized spacial score (nSPS) is 23.8. The van der Waals surface area contributed by atoms with E-state index in [0.29, 0.717) is 32.9 Å². The number of carbonyl (C=O) groups excluding carboxylic acids is 1. The van der Waals surface area contributed by atoms with Crippen LogP contribution in [0, 0.1) is 0 Å². The van der Waals surface area contributed by atoms with Crippen molar-refractivity contribution in [1.29, 1.82) is 0 Å². The molecule has 1 saturated heterocycles. The number of hydrogen-bond donors (Lipinski definition) is 0. The predicted molar refractivity (Wildman–Crippen MR) is 87.5 cm³/mol. The lowest BCUT2D eigenvalue weighted by Gasteiger charge is -2.33. The Morgan fingerprint density at radius 2 is 2.29 bits per heavy atom. The molecule has 2 aliphatic heterocycles. The van der Waals surface area contributed by atoms with Gasteiger partial charge < -0.3 is 19.3 Å². The number of likely N-dealkylation sites (N-methyl/N-ethyl adjacent to an activating group) is 1. The van der Waals surface area contributed by atoms with Crippen LogP contribution in [0.25, 0.3) is 0 Å². The minimum atomic E-state index is -0.293. The summed E-state index contributed by atoms with van der Waals surface area (Å²) < 4.78 is 13.2. The van der Waals surface area contributed by atoms with Crippen LogP contribution in [0.2, 0.25) is 0 Å². The van der Waals surface area contributed by atoms with E-state index in [1.807, 2.05) is 30.7 Å². The Bertz CT molecular complexity index is 568. The summed E-state index contributed by atoms with van der Waals surface area (Å²) in [6.45, 7) is 3.94. The molecule has 1 aromatic rings. The van der Waals surface area contributed by atoms with Crippen LogP contribution < -0.4 is 0 Å². The molecule has 3 rings (SSSR count). The molecule has 0 spiro atoms. The average Bonchev–Trinajstić information content (AvgIpc) is 3.21. The Kier molecular flexibility index (Phi) is 5.47. The minimum Gasteiger partial charge on any atom is -0.379 e. The van der Waals surface area contributed by atoms with Gasteiger partial charge in [-0.3, -0.25) is 9.48 Å². The van der Waals surface area contributed by atoms with Crippen LogP contribution in [0.3, 0.4) is 0 Å². The topological polar surface area (TPSA) is 72.7 Å². The van der Waals surface area contributed by atoms with Gasteiger partial charge in [-0.2, -0.15) is 0 Å². The van der Waals surface area contributed by atoms with Crippen molar-refractivity contribution in [3.63, 3.8) is 0 Å². The minimum absolute atomic E-state index is 0.0714. The van der Waals surface area contributed by atoms with Gasteiger partial charge in [0.05, 0.1) is 25.5 Å². The van der Waals surface area contributed by atoms with Gasteiger partial charge >= 0.3 is 0 Å². The number of fused-ring (bicyclic) bond motifs is 1. The van der Waals surface area contributed by atoms with Gasteiger partial charge in [-0.1, -0.05) is 5.21 Å². The average molecular weight is 337 g/mol. The maximum Gasteiger partial charge on any atom is 0.252 e. The summed E-state index contributed by atoms with van der Waals surface area (Å²) in [5.41, 5.74) is 1.95. The zero-order chi connectivity index (χ0) is 17.1. The number of aryl methyl sites for hydroxylation is 1. The SMILES string of the molecule is CN(C)CCOC[C@H]1CN(C(=O)[C@H]2CCCO2)Cc2nnn(C)c21. The van der Waals surface area contributed by atoms with Crippen LogP contribution >= 0.6 is 0 Å². The Labute approximate surface area is 142 Å². The van der Waals surface area contributed by atoms with E-state index in [4.69, 9.17) is 9.47 Å². The summed E-state index contributed by atoms with van der Waals surface area (Å²) in [4.78, 5) is 16.6. The zero-order valence-corrected chi connectivity index (χ0v) is 14.8. The summed E-state index contributed by atoms with van der Waals surface area (Å²) in [7, 11) is 5.94. The first-order valence-electron chi connectivity index (χ1n) is 8.57. The number of amides is 1. The third-order valence-corrected chi connectivity index (χ3v) is 4.63. The van der Waals surface area contributed by atoms with Gasteiger partial charge in [-0.25, -0.2) is 0 Å². The quantitative estimate of drug-likeness (QED) is 0.680. The lowest BCUT2D eigenvalue weighted by Crippen LogP contribution is -2.44. The molecule has 1 amide bonds. The third-order valence-electron chi connectivity index (χ3n) is 4.63. The Balaban J connectivity index is 1.67. The molecule has 8 nitrogen and oxygen atoms in total. The van der Waals surface area contributed by atoms with E-state index < -0.39 is 0 Å². The molecule has 3 heterocycles. The van der Waals surface area contributed by atoms with Crippen molar-refractivity contribution < 1.29 is 14.3 Å². The van der Waals surface area contributed by atoms with E-state index in [2.05, 4.69) is 15.2 Å². The van der Waals surface area contributed by atoms with Gasteiger partial charge in [0.25, 0.3) is 5.91 Å². The summed E-state index contributed by atoms with van der Waals surface area (Å²) >= 11 is 0. The molecule has 0 radical (unpaired) electrons. The van der Waals surface area contributed by atoms with Gasteiger partial charge in [-0.05, 0) is 26.9 Å². The number of aromatic nitrogens is 3. The largest absolute Gasteiger partial charge is 0.379 e. The Morgan fingerprint density at radius 3 is 3.00 bits per heavy atom. The number of ether oxygens (including phenoxy) is 2. The number of hydrogen-bond acceptors (Lipinski definition) is 6. The monoisotopic (exact) mass is 337 g/mol. The van der Waals surface area contributed by atoms with E-state index in [-0.39, 0.29) is 17.9 Å². The van der Waals surface area contributed by atoms with Gasteiger partial charge in [0, 0.05) is 32.7 Å². The summed E-state index contributed by atoms with van der Waals surface area (Å²) in [5, 5.41) is 8.37. The molecular formula is C16H27N5O3. The molecule has 1 fully saturated rings. The fourth-order valence-corrected chi connectivity index (χ4v) is 3.37. The molecule has 0 saturated carbocycles. The molecule has 8 heteroatoms. The van der Waals surface area contributed by atoms with Crippen molar-refractivity contribution >= 4 is 5.91 Å². The lowest BCUT2D eigenvalue weighted by atomic mass is 9.98. The van der Waals surface area contributed by atoms with Crippen LogP contribution in [0.1, 0.15) is 30.1 Å². The molecule has 2 atom stereocenters. The number of rotatable bonds is 6. The molecule has 0 aromatic carbocycles. The summed E-state index contributed by atoms with van der Waals surface area (Å²) in [6.07, 6.45) is 1.48. The van der Waals surface area contributed by atoms with Gasteiger partial charge in [0.2, 0.25) is 0 Å². The fraction of sp³-hybridized carbons (Fsp3) is 0.812. The van der Waals surface area contributed by atoms with Crippen molar-refractivity contribution in [3.8, 4) is 0 Å². The standard InChI is InChI=1S/C16H27N5O3/c1-19(2)6-8-23-11-12-9-21(16(22)14-5-4-7-24-14)10-13-15(12)20(3)18-17-13/h12,14H,4-11H2,1-3H3/t12-,14-/m1/s1. The second-order valence-electron chi connectivity index (χ2n) is 6.84. The van der Waals surface area contributed by atoms with E-state index in [9.17, 15) is 4.79 Å². The van der Waals surface area contributed by atoms with Crippen LogP contribution in [0.5, 0.6) is 0 Å². The molecule has 0 unspecified atom stereocenters. The first-order chi connectivity index (χ1) is 11.6. The smallest absolute Gasteiger partial charge is 0.252 e. The van der Waals surface area contributed by atoms with Gasteiger partial charge in [0.15, 0.2) is 0 Å². The van der Waals surface area contributed by atoms with E-state index in [1.165, 1.54) is 0 Å². The highest BCUT2D eigenvalue weighted by atomic mass is 16.5. The second kappa shape index (κ2) is 7.58. The first kappa shape index (κ1) is 17.3. The van der Waals surface area contributed by atoms with E-state index >= 15 is 0 Å². The maximum absolute atomic E-state index is 12.7. The second-order valence-corrected chi connectivity index (χ2v) is 6.84. The van der Waals surface area contributed by atoms with Crippen LogP contribution in [-0.4, -0.2) is 83.8 Å². The molecule has 1 aromatic heterocycles. The highest BCUT2D eigenvalue weighted by molar-refractivity contribution is 5.81. The molecule has 0 aliphatic carbocycles. The Hall–Kier alpha value is -1.51. The number of carbonyl (C=O) groups is 1. The number of nitrogens with zero attached hydrogens (tertiary/aromatic N) is 5. The van der Waals surface area contributed by atoms with Gasteiger partial charge in [-0.15, -0.1) is 5.10 Å². The molecule has 134 valence electrons. The molecular weight excluding hydrogens is 310 g/mol. The maximum atomic E-state index is 12.7. The van der Waals surface area contributed by atoms with Crippen molar-refractivity contribution in [2.75, 3.05) is 47.0 Å². The first-order valence-corrected chi connectivity index (χ1v) is 8.57. The summed E-state index contributed by atoms with van der Waals surface area (Å²) in [6, 6.07) is 0. The van der Waals surface area contributed by atoms with Crippen LogP contribution in [-0.2, 0) is 27.9 Å². The van der Waals surface area contributed by atoms with Crippen molar-refractivity contribution in [2.24, 2.45) is 7.05 Å². The highest BCUT2D eigenvalue weighted by Gasteiger charge is 2.36. The van der Waals surface area contributed by atoms with E-state index in [1.54, 1.807) is 0 Å². The van der Waals surface area contributed by atoms with Crippen LogP contribution in [0.4, 0.5) is 0 Å². The van der Waals surface area contributed by atoms with Crippen molar-refractivity contribution in [1.82, 2.24) is 24.8 Å². The molecule has 24 heavy (non-hydrogen) atoms. The zero-order valence-electron chi connectivity index (χ0n) is 14.8. The molecule has 0 N–H and O–H groups in total. The predicted octanol–water partition coefficient (Wildman–Crippen LogP) is -0.00190. The lowest BCUT2D eigenvalue weighted by molar-refractivity contribution is -0.142. The third kappa shape index (κ3) is 3.76. The molecule has 2 aliphatic rings. The van der Waals surface area contributed by atoms with Gasteiger partial charge in [0.1, 0.15) is 11.8 Å². The van der Waals surface area contributed by atoms with Crippen molar-refractivity contribution in [3.05, 3.63) is 11.4 Å². The molecule has 0 bridgehead atoms. The van der Waals surface area contributed by atoms with Crippen LogP contribution in [0.15, 0.2) is 0 Å². The fourth-order valence-electron chi connectivity index (χ4n) is 3.37. The Morgan fingerprint density at radius 1 is 1.46 bits per heavy atom. The summed E-state index contributed by atoms with van der Waals surface area (Å²) in [5.74, 6) is 0.170. The van der Waals surface area contributed by atoms with E-state index in [0.717, 1.165) is 30.8 Å².